The second-order valence-corrected chi connectivity index (χ2v) is 13.9. The van der Waals surface area contributed by atoms with Crippen molar-refractivity contribution in [3.05, 3.63) is 89.5 Å². The van der Waals surface area contributed by atoms with Gasteiger partial charge in [0.2, 0.25) is 10.2 Å². The van der Waals surface area contributed by atoms with E-state index in [4.69, 9.17) is 4.74 Å². The fraction of sp³-hybridized carbons (Fsp3) is 0.355. The van der Waals surface area contributed by atoms with Crippen LogP contribution in [0.25, 0.3) is 10.2 Å². The van der Waals surface area contributed by atoms with Crippen molar-refractivity contribution in [2.24, 2.45) is 5.92 Å². The first kappa shape index (κ1) is 29.2. The van der Waals surface area contributed by atoms with Gasteiger partial charge in [-0.3, -0.25) is 4.79 Å². The summed E-state index contributed by atoms with van der Waals surface area (Å²) in [5, 5.41) is 3.13. The van der Waals surface area contributed by atoms with E-state index < -0.39 is 16.1 Å². The molecular weight excluding hydrogens is 556 g/mol. The summed E-state index contributed by atoms with van der Waals surface area (Å²) < 4.78 is 36.2. The Hall–Kier alpha value is -3.31. The summed E-state index contributed by atoms with van der Waals surface area (Å²) in [7, 11) is -1.86. The van der Waals surface area contributed by atoms with Crippen molar-refractivity contribution in [2.45, 2.75) is 49.7 Å². The first-order valence-electron chi connectivity index (χ1n) is 13.8. The third kappa shape index (κ3) is 7.32. The Morgan fingerprint density at radius 2 is 1.85 bits per heavy atom. The van der Waals surface area contributed by atoms with Gasteiger partial charge in [0.15, 0.2) is 0 Å². The van der Waals surface area contributed by atoms with Crippen molar-refractivity contribution >= 4 is 37.5 Å². The lowest BCUT2D eigenvalue weighted by atomic mass is 9.97. The molecule has 2 atom stereocenters. The SMILES string of the molecule is CC(C)CN(C)Cc1ccc2c(c1)OCCC2NC(=O)CC(NS(=O)(=O)c1nc2ccccc2s1)c1ccccc1. The van der Waals surface area contributed by atoms with E-state index in [1.165, 1.54) is 0 Å². The molecule has 10 heteroatoms. The maximum atomic E-state index is 13.4. The molecule has 2 heterocycles. The van der Waals surface area contributed by atoms with Gasteiger partial charge < -0.3 is 15.0 Å². The quantitative estimate of drug-likeness (QED) is 0.241. The molecule has 2 N–H and O–H groups in total. The minimum atomic E-state index is -3.97. The number of sulfonamides is 1. The number of para-hydroxylation sites is 1. The predicted molar refractivity (Wildman–Crippen MR) is 162 cm³/mol. The third-order valence-corrected chi connectivity index (χ3v) is 9.86. The van der Waals surface area contributed by atoms with Crippen molar-refractivity contribution < 1.29 is 17.9 Å². The average Bonchev–Trinajstić information content (AvgIpc) is 3.38. The Kier molecular flexibility index (Phi) is 9.03. The Balaban J connectivity index is 1.30. The number of amides is 1. The Morgan fingerprint density at radius 1 is 1.10 bits per heavy atom. The van der Waals surface area contributed by atoms with Crippen molar-refractivity contribution in [3.8, 4) is 5.75 Å². The highest BCUT2D eigenvalue weighted by Crippen LogP contribution is 2.34. The number of fused-ring (bicyclic) bond motifs is 2. The molecule has 5 rings (SSSR count). The van der Waals surface area contributed by atoms with Crippen molar-refractivity contribution in [3.63, 3.8) is 0 Å². The number of hydrogen-bond donors (Lipinski definition) is 2. The summed E-state index contributed by atoms with van der Waals surface area (Å²) in [6, 6.07) is 21.7. The number of ether oxygens (including phenoxy) is 1. The second kappa shape index (κ2) is 12.7. The van der Waals surface area contributed by atoms with E-state index in [1.54, 1.807) is 6.07 Å². The minimum absolute atomic E-state index is 0.0201. The molecule has 1 amide bonds. The third-order valence-electron chi connectivity index (χ3n) is 6.98. The maximum absolute atomic E-state index is 13.4. The molecular formula is C31H36N4O4S2. The molecule has 0 saturated carbocycles. The maximum Gasteiger partial charge on any atom is 0.268 e. The van der Waals surface area contributed by atoms with Gasteiger partial charge >= 0.3 is 0 Å². The van der Waals surface area contributed by atoms with Crippen LogP contribution in [-0.2, 0) is 21.4 Å². The number of rotatable bonds is 11. The van der Waals surface area contributed by atoms with Crippen LogP contribution in [0.1, 0.15) is 55.5 Å². The first-order chi connectivity index (χ1) is 19.7. The average molecular weight is 593 g/mol. The summed E-state index contributed by atoms with van der Waals surface area (Å²) in [5.74, 6) is 1.12. The van der Waals surface area contributed by atoms with Gasteiger partial charge in [0, 0.05) is 31.5 Å². The van der Waals surface area contributed by atoms with E-state index in [0.29, 0.717) is 30.0 Å². The number of carbonyl (C=O) groups is 1. The van der Waals surface area contributed by atoms with Gasteiger partial charge in [0.25, 0.3) is 10.0 Å². The molecule has 41 heavy (non-hydrogen) atoms. The molecule has 2 unspecified atom stereocenters. The van der Waals surface area contributed by atoms with E-state index >= 15 is 0 Å². The summed E-state index contributed by atoms with van der Waals surface area (Å²) in [4.78, 5) is 20.0. The van der Waals surface area contributed by atoms with Crippen LogP contribution in [0.15, 0.2) is 77.1 Å². The number of aromatic nitrogens is 1. The van der Waals surface area contributed by atoms with Crippen LogP contribution in [0.3, 0.4) is 0 Å². The lowest BCUT2D eigenvalue weighted by molar-refractivity contribution is -0.122. The number of hydrogen-bond acceptors (Lipinski definition) is 7. The van der Waals surface area contributed by atoms with E-state index in [-0.39, 0.29) is 22.7 Å². The largest absolute Gasteiger partial charge is 0.493 e. The van der Waals surface area contributed by atoms with Crippen LogP contribution in [0.4, 0.5) is 0 Å². The van der Waals surface area contributed by atoms with Gasteiger partial charge in [-0.1, -0.05) is 68.4 Å². The predicted octanol–water partition coefficient (Wildman–Crippen LogP) is 5.43. The summed E-state index contributed by atoms with van der Waals surface area (Å²) in [5.41, 5.74) is 3.42. The number of benzene rings is 3. The molecule has 0 aliphatic carbocycles. The number of nitrogens with one attached hydrogen (secondary N) is 2. The van der Waals surface area contributed by atoms with Gasteiger partial charge in [-0.05, 0) is 42.3 Å². The molecule has 216 valence electrons. The summed E-state index contributed by atoms with van der Waals surface area (Å²) in [6.07, 6.45) is 0.581. The van der Waals surface area contributed by atoms with E-state index in [2.05, 4.69) is 53.0 Å². The van der Waals surface area contributed by atoms with Gasteiger partial charge in [-0.15, -0.1) is 11.3 Å². The van der Waals surface area contributed by atoms with Crippen LogP contribution >= 0.6 is 11.3 Å². The lowest BCUT2D eigenvalue weighted by Gasteiger charge is -2.28. The van der Waals surface area contributed by atoms with Crippen LogP contribution in [-0.4, -0.2) is 44.4 Å². The summed E-state index contributed by atoms with van der Waals surface area (Å²) >= 11 is 1.11. The molecule has 0 radical (unpaired) electrons. The molecule has 1 aliphatic rings. The van der Waals surface area contributed by atoms with Gasteiger partial charge in [0.05, 0.1) is 28.9 Å². The molecule has 0 bridgehead atoms. The highest BCUT2D eigenvalue weighted by Gasteiger charge is 2.29. The Bertz CT molecular complexity index is 1570. The van der Waals surface area contributed by atoms with Gasteiger partial charge in [0.1, 0.15) is 5.75 Å². The molecule has 0 saturated heterocycles. The van der Waals surface area contributed by atoms with Crippen LogP contribution < -0.4 is 14.8 Å². The fourth-order valence-electron chi connectivity index (χ4n) is 5.24. The molecule has 0 spiro atoms. The zero-order valence-corrected chi connectivity index (χ0v) is 25.2. The normalized spacial score (nSPS) is 16.0. The topological polar surface area (TPSA) is 101 Å². The van der Waals surface area contributed by atoms with Crippen LogP contribution in [0, 0.1) is 5.92 Å². The van der Waals surface area contributed by atoms with Crippen LogP contribution in [0.5, 0.6) is 5.75 Å². The van der Waals surface area contributed by atoms with Crippen LogP contribution in [0.2, 0.25) is 0 Å². The second-order valence-electron chi connectivity index (χ2n) is 11.0. The Morgan fingerprint density at radius 3 is 2.61 bits per heavy atom. The van der Waals surface area contributed by atoms with E-state index in [0.717, 1.165) is 46.0 Å². The highest BCUT2D eigenvalue weighted by atomic mass is 32.2. The van der Waals surface area contributed by atoms with Crippen molar-refractivity contribution in [2.75, 3.05) is 20.2 Å². The number of nitrogens with zero attached hydrogens (tertiary/aromatic N) is 2. The summed E-state index contributed by atoms with van der Waals surface area (Å²) in [6.45, 7) is 6.72. The molecule has 8 nitrogen and oxygen atoms in total. The molecule has 1 aromatic heterocycles. The van der Waals surface area contributed by atoms with E-state index in [9.17, 15) is 13.2 Å². The van der Waals surface area contributed by atoms with Gasteiger partial charge in [-0.2, -0.15) is 0 Å². The number of carbonyl (C=O) groups excluding carboxylic acids is 1. The zero-order valence-electron chi connectivity index (χ0n) is 23.5. The Labute approximate surface area is 245 Å². The molecule has 0 fully saturated rings. The monoisotopic (exact) mass is 592 g/mol. The van der Waals surface area contributed by atoms with Crippen molar-refractivity contribution in [1.82, 2.24) is 19.9 Å². The minimum Gasteiger partial charge on any atom is -0.493 e. The smallest absolute Gasteiger partial charge is 0.268 e. The highest BCUT2D eigenvalue weighted by molar-refractivity contribution is 7.91. The van der Waals surface area contributed by atoms with Crippen molar-refractivity contribution in [1.29, 1.82) is 0 Å². The number of thiazole rings is 1. The molecule has 4 aromatic rings. The van der Waals surface area contributed by atoms with E-state index in [1.807, 2.05) is 54.6 Å². The first-order valence-corrected chi connectivity index (χ1v) is 16.1. The zero-order chi connectivity index (χ0) is 29.0. The lowest BCUT2D eigenvalue weighted by Crippen LogP contribution is -2.36. The standard InChI is InChI=1S/C31H36N4O4S2/c1-21(2)19-35(3)20-22-13-14-24-25(15-16-39-28(24)17-22)32-30(36)18-27(23-9-5-4-6-10-23)34-41(37,38)31-33-26-11-7-8-12-29(26)40-31/h4-14,17,21,25,27,34H,15-16,18-20H2,1-3H3,(H,32,36). The molecule has 3 aromatic carbocycles. The molecule has 1 aliphatic heterocycles. The van der Waals surface area contributed by atoms with Gasteiger partial charge in [-0.25, -0.2) is 18.1 Å². The fourth-order valence-corrected chi connectivity index (χ4v) is 7.70.